The second-order valence-corrected chi connectivity index (χ2v) is 6.70. The Balaban J connectivity index is 2.63. The molecule has 7 heteroatoms. The molecule has 1 amide bonds. The number of primary sulfonamides is 1. The number of nitrogens with two attached hydrogens (primary N) is 1. The molecule has 3 N–H and O–H groups in total. The van der Waals surface area contributed by atoms with Crippen LogP contribution in [0.4, 0.5) is 0 Å². The predicted molar refractivity (Wildman–Crippen MR) is 71.6 cm³/mol. The van der Waals surface area contributed by atoms with E-state index >= 15 is 0 Å². The molecule has 0 bridgehead atoms. The molecule has 0 radical (unpaired) electrons. The lowest BCUT2D eigenvalue weighted by atomic mass is 10.2. The van der Waals surface area contributed by atoms with Gasteiger partial charge in [-0.25, -0.2) is 13.6 Å². The summed E-state index contributed by atoms with van der Waals surface area (Å²) < 4.78 is 22.2. The molecular formula is C11H16N2O3S2. The molecule has 1 heterocycles. The fourth-order valence-electron chi connectivity index (χ4n) is 1.31. The summed E-state index contributed by atoms with van der Waals surface area (Å²) in [6, 6.07) is 3.08. The number of carbonyl (C=O) groups excluding carboxylic acids is 1. The maximum absolute atomic E-state index is 11.6. The summed E-state index contributed by atoms with van der Waals surface area (Å²) in [6.45, 7) is 3.99. The summed E-state index contributed by atoms with van der Waals surface area (Å²) >= 11 is 1.06. The van der Waals surface area contributed by atoms with Gasteiger partial charge in [-0.15, -0.1) is 11.3 Å². The smallest absolute Gasteiger partial charge is 0.247 e. The highest BCUT2D eigenvalue weighted by Gasteiger charge is 2.11. The van der Waals surface area contributed by atoms with Crippen LogP contribution in [-0.2, 0) is 21.4 Å². The van der Waals surface area contributed by atoms with Crippen LogP contribution in [0.2, 0.25) is 0 Å². The minimum absolute atomic E-state index is 0.104. The molecule has 1 aromatic rings. The molecule has 0 fully saturated rings. The molecule has 0 spiro atoms. The first-order valence-electron chi connectivity index (χ1n) is 5.41. The van der Waals surface area contributed by atoms with Gasteiger partial charge >= 0.3 is 0 Å². The number of amides is 1. The Morgan fingerprint density at radius 3 is 2.67 bits per heavy atom. The SMILES string of the molecule is CC/C=C(/C)C(=O)NCc1ccc(S(N)(=O)=O)s1. The first-order chi connectivity index (χ1) is 8.34. The van der Waals surface area contributed by atoms with Crippen LogP contribution in [0.15, 0.2) is 28.0 Å². The topological polar surface area (TPSA) is 89.3 Å². The molecule has 0 saturated carbocycles. The van der Waals surface area contributed by atoms with E-state index < -0.39 is 10.0 Å². The molecule has 0 atom stereocenters. The van der Waals surface area contributed by atoms with Crippen molar-refractivity contribution >= 4 is 27.3 Å². The Morgan fingerprint density at radius 2 is 2.17 bits per heavy atom. The molecule has 0 aliphatic rings. The number of hydrogen-bond donors (Lipinski definition) is 2. The number of thiophene rings is 1. The first kappa shape index (κ1) is 14.9. The highest BCUT2D eigenvalue weighted by molar-refractivity contribution is 7.91. The summed E-state index contributed by atoms with van der Waals surface area (Å²) in [5.41, 5.74) is 0.653. The van der Waals surface area contributed by atoms with E-state index in [1.54, 1.807) is 13.0 Å². The van der Waals surface area contributed by atoms with Gasteiger partial charge in [0.25, 0.3) is 0 Å². The van der Waals surface area contributed by atoms with Gasteiger partial charge in [-0.2, -0.15) is 0 Å². The van der Waals surface area contributed by atoms with E-state index in [1.807, 2.05) is 13.0 Å². The van der Waals surface area contributed by atoms with Crippen LogP contribution in [0, 0.1) is 0 Å². The van der Waals surface area contributed by atoms with Gasteiger partial charge in [-0.1, -0.05) is 13.0 Å². The lowest BCUT2D eigenvalue weighted by molar-refractivity contribution is -0.117. The zero-order valence-electron chi connectivity index (χ0n) is 10.3. The molecule has 1 rings (SSSR count). The lowest BCUT2D eigenvalue weighted by Gasteiger charge is -2.03. The zero-order chi connectivity index (χ0) is 13.8. The second kappa shape index (κ2) is 6.12. The van der Waals surface area contributed by atoms with Gasteiger partial charge in [0.1, 0.15) is 4.21 Å². The Hall–Kier alpha value is -1.18. The summed E-state index contributed by atoms with van der Waals surface area (Å²) in [7, 11) is -3.65. The van der Waals surface area contributed by atoms with Crippen molar-refractivity contribution in [2.75, 3.05) is 0 Å². The van der Waals surface area contributed by atoms with Gasteiger partial charge in [0, 0.05) is 10.5 Å². The molecule has 5 nitrogen and oxygen atoms in total. The van der Waals surface area contributed by atoms with Crippen molar-refractivity contribution in [3.05, 3.63) is 28.7 Å². The predicted octanol–water partition coefficient (Wildman–Crippen LogP) is 1.37. The van der Waals surface area contributed by atoms with Crippen LogP contribution >= 0.6 is 11.3 Å². The molecule has 0 unspecified atom stereocenters. The van der Waals surface area contributed by atoms with Crippen LogP contribution < -0.4 is 10.5 Å². The molecule has 18 heavy (non-hydrogen) atoms. The summed E-state index contributed by atoms with van der Waals surface area (Å²) in [4.78, 5) is 12.3. The Kier molecular flexibility index (Phi) is 5.06. The lowest BCUT2D eigenvalue weighted by Crippen LogP contribution is -2.22. The minimum Gasteiger partial charge on any atom is -0.347 e. The normalized spacial score (nSPS) is 12.5. The van der Waals surface area contributed by atoms with E-state index in [0.29, 0.717) is 12.1 Å². The van der Waals surface area contributed by atoms with Gasteiger partial charge in [-0.3, -0.25) is 4.79 Å². The number of carbonyl (C=O) groups is 1. The molecule has 100 valence electrons. The first-order valence-corrected chi connectivity index (χ1v) is 7.77. The van der Waals surface area contributed by atoms with Crippen molar-refractivity contribution < 1.29 is 13.2 Å². The van der Waals surface area contributed by atoms with E-state index in [-0.39, 0.29) is 10.1 Å². The summed E-state index contributed by atoms with van der Waals surface area (Å²) in [6.07, 6.45) is 2.63. The fraction of sp³-hybridized carbons (Fsp3) is 0.364. The van der Waals surface area contributed by atoms with Crippen LogP contribution in [0.1, 0.15) is 25.1 Å². The third-order valence-corrected chi connectivity index (χ3v) is 4.73. The third kappa shape index (κ3) is 4.25. The molecular weight excluding hydrogens is 272 g/mol. The van der Waals surface area contributed by atoms with Crippen LogP contribution in [0.25, 0.3) is 0 Å². The number of allylic oxidation sites excluding steroid dienone is 1. The maximum atomic E-state index is 11.6. The molecule has 0 aliphatic carbocycles. The number of nitrogens with one attached hydrogen (secondary N) is 1. The summed E-state index contributed by atoms with van der Waals surface area (Å²) in [5, 5.41) is 7.72. The van der Waals surface area contributed by atoms with Crippen molar-refractivity contribution in [1.82, 2.24) is 5.32 Å². The number of sulfonamides is 1. The van der Waals surface area contributed by atoms with Crippen LogP contribution in [-0.4, -0.2) is 14.3 Å². The largest absolute Gasteiger partial charge is 0.347 e. The van der Waals surface area contributed by atoms with Crippen molar-refractivity contribution in [3.8, 4) is 0 Å². The fourth-order valence-corrected chi connectivity index (χ4v) is 3.03. The van der Waals surface area contributed by atoms with Gasteiger partial charge in [0.2, 0.25) is 15.9 Å². The molecule has 0 saturated heterocycles. The zero-order valence-corrected chi connectivity index (χ0v) is 11.9. The van der Waals surface area contributed by atoms with E-state index in [4.69, 9.17) is 5.14 Å². The van der Waals surface area contributed by atoms with Crippen molar-refractivity contribution in [3.63, 3.8) is 0 Å². The van der Waals surface area contributed by atoms with Crippen molar-refractivity contribution in [2.45, 2.75) is 31.0 Å². The quantitative estimate of drug-likeness (QED) is 0.802. The van der Waals surface area contributed by atoms with Crippen molar-refractivity contribution in [2.24, 2.45) is 5.14 Å². The van der Waals surface area contributed by atoms with Gasteiger partial charge < -0.3 is 5.32 Å². The Morgan fingerprint density at radius 1 is 1.50 bits per heavy atom. The monoisotopic (exact) mass is 288 g/mol. The Bertz CT molecular complexity index is 559. The highest BCUT2D eigenvalue weighted by atomic mass is 32.2. The van der Waals surface area contributed by atoms with Crippen LogP contribution in [0.3, 0.4) is 0 Å². The Labute approximate surface area is 111 Å². The number of rotatable bonds is 5. The molecule has 1 aromatic heterocycles. The summed E-state index contributed by atoms with van der Waals surface area (Å²) in [5.74, 6) is -0.151. The van der Waals surface area contributed by atoms with E-state index in [9.17, 15) is 13.2 Å². The van der Waals surface area contributed by atoms with E-state index in [1.165, 1.54) is 6.07 Å². The third-order valence-electron chi connectivity index (χ3n) is 2.21. The second-order valence-electron chi connectivity index (χ2n) is 3.74. The average molecular weight is 288 g/mol. The van der Waals surface area contributed by atoms with Crippen LogP contribution in [0.5, 0.6) is 0 Å². The van der Waals surface area contributed by atoms with E-state index in [0.717, 1.165) is 22.6 Å². The van der Waals surface area contributed by atoms with Gasteiger partial charge in [-0.05, 0) is 25.5 Å². The highest BCUT2D eigenvalue weighted by Crippen LogP contribution is 2.19. The average Bonchev–Trinajstić information content (AvgIpc) is 2.74. The molecule has 0 aromatic carbocycles. The minimum atomic E-state index is -3.65. The van der Waals surface area contributed by atoms with Gasteiger partial charge in [0.15, 0.2) is 0 Å². The number of hydrogen-bond acceptors (Lipinski definition) is 4. The van der Waals surface area contributed by atoms with Crippen molar-refractivity contribution in [1.29, 1.82) is 0 Å². The van der Waals surface area contributed by atoms with Gasteiger partial charge in [0.05, 0.1) is 6.54 Å². The molecule has 0 aliphatic heterocycles. The standard InChI is InChI=1S/C11H16N2O3S2/c1-3-4-8(2)11(14)13-7-9-5-6-10(17-9)18(12,15)16/h4-6H,3,7H2,1-2H3,(H,13,14)(H2,12,15,16)/b8-4-. The maximum Gasteiger partial charge on any atom is 0.247 e. The van der Waals surface area contributed by atoms with E-state index in [2.05, 4.69) is 5.32 Å².